The Hall–Kier alpha value is -3.22. The summed E-state index contributed by atoms with van der Waals surface area (Å²) in [6, 6.07) is 8.74. The van der Waals surface area contributed by atoms with E-state index >= 15 is 0 Å². The molecule has 6 nitrogen and oxygen atoms in total. The van der Waals surface area contributed by atoms with E-state index in [-0.39, 0.29) is 23.8 Å². The molecule has 0 unspecified atom stereocenters. The number of nitrogens with one attached hydrogen (secondary N) is 2. The Balaban J connectivity index is 2.17. The van der Waals surface area contributed by atoms with Crippen molar-refractivity contribution in [2.75, 3.05) is 17.7 Å². The lowest BCUT2D eigenvalue weighted by molar-refractivity contribution is -0.116. The summed E-state index contributed by atoms with van der Waals surface area (Å²) in [6.45, 7) is 2.70. The lowest BCUT2D eigenvalue weighted by Gasteiger charge is -2.11. The van der Waals surface area contributed by atoms with Gasteiger partial charge < -0.3 is 15.4 Å². The Morgan fingerprint density at radius 1 is 1.04 bits per heavy atom. The third-order valence-electron chi connectivity index (χ3n) is 3.60. The average Bonchev–Trinajstić information content (AvgIpc) is 2.57. The highest BCUT2D eigenvalue weighted by molar-refractivity contribution is 5.96. The topological polar surface area (TPSA) is 84.5 Å². The third-order valence-corrected chi connectivity index (χ3v) is 3.60. The number of carbonyl (C=O) groups is 3. The lowest BCUT2D eigenvalue weighted by Crippen LogP contribution is -2.16. The summed E-state index contributed by atoms with van der Waals surface area (Å²) in [5, 5.41) is 4.99. The van der Waals surface area contributed by atoms with Crippen LogP contribution in [0.3, 0.4) is 0 Å². The Kier molecular flexibility index (Phi) is 6.06. The number of ether oxygens (including phenoxy) is 1. The van der Waals surface area contributed by atoms with Crippen molar-refractivity contribution >= 4 is 29.0 Å². The van der Waals surface area contributed by atoms with Crippen LogP contribution in [0.15, 0.2) is 36.4 Å². The number of ketones is 1. The zero-order chi connectivity index (χ0) is 19.3. The van der Waals surface area contributed by atoms with Crippen molar-refractivity contribution in [3.8, 4) is 5.75 Å². The second-order valence-electron chi connectivity index (χ2n) is 5.68. The number of rotatable bonds is 6. The molecule has 136 valence electrons. The van der Waals surface area contributed by atoms with Crippen molar-refractivity contribution in [3.05, 3.63) is 53.3 Å². The second kappa shape index (κ2) is 8.24. The van der Waals surface area contributed by atoms with Gasteiger partial charge in [-0.3, -0.25) is 14.4 Å². The number of hydrogen-bond acceptors (Lipinski definition) is 4. The van der Waals surface area contributed by atoms with E-state index in [2.05, 4.69) is 10.6 Å². The number of anilines is 2. The molecule has 0 spiro atoms. The number of carbonyl (C=O) groups excluding carboxylic acids is 3. The van der Waals surface area contributed by atoms with Gasteiger partial charge >= 0.3 is 0 Å². The van der Waals surface area contributed by atoms with Gasteiger partial charge in [-0.1, -0.05) is 0 Å². The molecule has 0 aromatic heterocycles. The quantitative estimate of drug-likeness (QED) is 0.777. The first-order chi connectivity index (χ1) is 12.3. The molecule has 0 saturated heterocycles. The summed E-state index contributed by atoms with van der Waals surface area (Å²) < 4.78 is 18.9. The Labute approximate surface area is 150 Å². The Morgan fingerprint density at radius 3 is 2.38 bits per heavy atom. The van der Waals surface area contributed by atoms with Crippen LogP contribution in [0.4, 0.5) is 15.8 Å². The minimum Gasteiger partial charge on any atom is -0.496 e. The van der Waals surface area contributed by atoms with E-state index in [4.69, 9.17) is 4.74 Å². The number of hydrogen-bond donors (Lipinski definition) is 2. The molecule has 0 radical (unpaired) electrons. The van der Waals surface area contributed by atoms with E-state index in [0.29, 0.717) is 22.6 Å². The van der Waals surface area contributed by atoms with Crippen molar-refractivity contribution in [2.24, 2.45) is 0 Å². The van der Waals surface area contributed by atoms with Gasteiger partial charge in [0.2, 0.25) is 11.8 Å². The summed E-state index contributed by atoms with van der Waals surface area (Å²) in [7, 11) is 1.48. The molecule has 7 heteroatoms. The van der Waals surface area contributed by atoms with Gasteiger partial charge in [-0.15, -0.1) is 0 Å². The Morgan fingerprint density at radius 2 is 1.77 bits per heavy atom. The van der Waals surface area contributed by atoms with Crippen molar-refractivity contribution in [1.82, 2.24) is 0 Å². The Bertz CT molecular complexity index is 865. The molecule has 26 heavy (non-hydrogen) atoms. The van der Waals surface area contributed by atoms with E-state index < -0.39 is 11.7 Å². The summed E-state index contributed by atoms with van der Waals surface area (Å²) in [5.74, 6) is -1.02. The normalized spacial score (nSPS) is 10.2. The van der Waals surface area contributed by atoms with Crippen molar-refractivity contribution in [2.45, 2.75) is 20.3 Å². The first kappa shape index (κ1) is 19.1. The van der Waals surface area contributed by atoms with Crippen LogP contribution in [0.1, 0.15) is 29.8 Å². The number of halogens is 1. The molecule has 0 aliphatic carbocycles. The van der Waals surface area contributed by atoms with Crippen molar-refractivity contribution in [3.63, 3.8) is 0 Å². The highest BCUT2D eigenvalue weighted by Crippen LogP contribution is 2.23. The number of Topliss-reactive ketones (excluding diaryl/α,β-unsaturated/α-hetero) is 1. The van der Waals surface area contributed by atoms with Crippen LogP contribution < -0.4 is 15.4 Å². The fourth-order valence-corrected chi connectivity index (χ4v) is 2.40. The van der Waals surface area contributed by atoms with Crippen molar-refractivity contribution in [1.29, 1.82) is 0 Å². The monoisotopic (exact) mass is 358 g/mol. The van der Waals surface area contributed by atoms with Crippen LogP contribution >= 0.6 is 0 Å². The molecule has 0 aliphatic rings. The van der Waals surface area contributed by atoms with Crippen LogP contribution in [0.2, 0.25) is 0 Å². The fraction of sp³-hybridized carbons (Fsp3) is 0.211. The van der Waals surface area contributed by atoms with Gasteiger partial charge in [0.1, 0.15) is 11.6 Å². The van der Waals surface area contributed by atoms with E-state index in [1.807, 2.05) is 0 Å². The van der Waals surface area contributed by atoms with Crippen LogP contribution in [-0.2, 0) is 16.0 Å². The predicted molar refractivity (Wildman–Crippen MR) is 96.0 cm³/mol. The zero-order valence-electron chi connectivity index (χ0n) is 14.7. The molecule has 2 rings (SSSR count). The van der Waals surface area contributed by atoms with Crippen LogP contribution in [0.5, 0.6) is 5.75 Å². The number of methoxy groups -OCH3 is 1. The minimum absolute atomic E-state index is 0.0218. The number of benzene rings is 2. The van der Waals surface area contributed by atoms with E-state index in [1.54, 1.807) is 18.2 Å². The molecular formula is C19H19FN2O4. The van der Waals surface area contributed by atoms with Crippen LogP contribution in [0, 0.1) is 5.82 Å². The largest absolute Gasteiger partial charge is 0.496 e. The van der Waals surface area contributed by atoms with Gasteiger partial charge in [0, 0.05) is 23.7 Å². The zero-order valence-corrected chi connectivity index (χ0v) is 14.7. The van der Waals surface area contributed by atoms with Gasteiger partial charge in [0.25, 0.3) is 0 Å². The van der Waals surface area contributed by atoms with Crippen LogP contribution in [-0.4, -0.2) is 24.7 Å². The smallest absolute Gasteiger partial charge is 0.228 e. The average molecular weight is 358 g/mol. The first-order valence-corrected chi connectivity index (χ1v) is 7.85. The van der Waals surface area contributed by atoms with E-state index in [9.17, 15) is 18.8 Å². The minimum atomic E-state index is -0.603. The molecule has 2 amide bonds. The molecule has 0 atom stereocenters. The molecular weight excluding hydrogens is 339 g/mol. The molecule has 2 N–H and O–H groups in total. The van der Waals surface area contributed by atoms with E-state index in [0.717, 1.165) is 6.07 Å². The summed E-state index contributed by atoms with van der Waals surface area (Å²) in [5.41, 5.74) is 1.35. The van der Waals surface area contributed by atoms with Gasteiger partial charge in [0.05, 0.1) is 19.2 Å². The summed E-state index contributed by atoms with van der Waals surface area (Å²) >= 11 is 0. The van der Waals surface area contributed by atoms with Crippen molar-refractivity contribution < 1.29 is 23.5 Å². The van der Waals surface area contributed by atoms with Crippen LogP contribution in [0.25, 0.3) is 0 Å². The maximum atomic E-state index is 13.7. The SMILES string of the molecule is COc1ccc(C(C)=O)cc1CC(=O)Nc1ccc(F)c(NC(C)=O)c1. The molecule has 2 aromatic rings. The highest BCUT2D eigenvalue weighted by atomic mass is 19.1. The fourth-order valence-electron chi connectivity index (χ4n) is 2.40. The highest BCUT2D eigenvalue weighted by Gasteiger charge is 2.13. The van der Waals surface area contributed by atoms with Gasteiger partial charge in [-0.25, -0.2) is 4.39 Å². The summed E-state index contributed by atoms with van der Waals surface area (Å²) in [4.78, 5) is 34.9. The van der Waals surface area contributed by atoms with Gasteiger partial charge in [-0.2, -0.15) is 0 Å². The van der Waals surface area contributed by atoms with Gasteiger partial charge in [-0.05, 0) is 43.3 Å². The lowest BCUT2D eigenvalue weighted by atomic mass is 10.0. The number of amides is 2. The molecule has 0 heterocycles. The first-order valence-electron chi connectivity index (χ1n) is 7.85. The standard InChI is InChI=1S/C19H19FN2O4/c1-11(23)13-4-7-18(26-3)14(8-13)9-19(25)22-15-5-6-16(20)17(10-15)21-12(2)24/h4-8,10H,9H2,1-3H3,(H,21,24)(H,22,25). The third kappa shape index (κ3) is 4.89. The van der Waals surface area contributed by atoms with Gasteiger partial charge in [0.15, 0.2) is 5.78 Å². The molecule has 0 fully saturated rings. The molecule has 0 aliphatic heterocycles. The summed E-state index contributed by atoms with van der Waals surface area (Å²) in [6.07, 6.45) is -0.0306. The molecule has 2 aromatic carbocycles. The van der Waals surface area contributed by atoms with E-state index in [1.165, 1.54) is 33.1 Å². The predicted octanol–water partition coefficient (Wildman–Crippen LogP) is 3.18. The maximum Gasteiger partial charge on any atom is 0.228 e. The maximum absolute atomic E-state index is 13.7. The molecule has 0 saturated carbocycles. The molecule has 0 bridgehead atoms. The second-order valence-corrected chi connectivity index (χ2v) is 5.68.